The minimum Gasteiger partial charge on any atom is -0.314 e. The van der Waals surface area contributed by atoms with E-state index >= 15 is 0 Å². The topological polar surface area (TPSA) is 15.3 Å². The number of aryl methyl sites for hydroxylation is 1. The van der Waals surface area contributed by atoms with E-state index in [0.29, 0.717) is 5.54 Å². The van der Waals surface area contributed by atoms with Crippen molar-refractivity contribution >= 4 is 0 Å². The predicted octanol–water partition coefficient (Wildman–Crippen LogP) is 3.24. The normalized spacial score (nSPS) is 23.1. The zero-order chi connectivity index (χ0) is 14.0. The SMILES string of the molecule is Cc1cc(F)ccc1CN1CCNCC12CCCCC2. The van der Waals surface area contributed by atoms with E-state index in [1.54, 1.807) is 12.1 Å². The summed E-state index contributed by atoms with van der Waals surface area (Å²) in [7, 11) is 0. The van der Waals surface area contributed by atoms with Crippen molar-refractivity contribution in [3.8, 4) is 0 Å². The van der Waals surface area contributed by atoms with Crippen molar-refractivity contribution in [2.75, 3.05) is 19.6 Å². The van der Waals surface area contributed by atoms with Crippen LogP contribution in [0.15, 0.2) is 18.2 Å². The summed E-state index contributed by atoms with van der Waals surface area (Å²) in [6.45, 7) is 6.29. The van der Waals surface area contributed by atoms with Gasteiger partial charge in [-0.1, -0.05) is 25.3 Å². The molecule has 0 amide bonds. The van der Waals surface area contributed by atoms with Crippen molar-refractivity contribution in [2.45, 2.75) is 51.1 Å². The third-order valence-electron chi connectivity index (χ3n) is 5.13. The Morgan fingerprint density at radius 1 is 1.25 bits per heavy atom. The molecule has 1 saturated carbocycles. The number of nitrogens with one attached hydrogen (secondary N) is 1. The van der Waals surface area contributed by atoms with E-state index in [-0.39, 0.29) is 5.82 Å². The molecule has 3 heteroatoms. The van der Waals surface area contributed by atoms with Crippen molar-refractivity contribution in [3.05, 3.63) is 35.1 Å². The Kier molecular flexibility index (Phi) is 4.08. The standard InChI is InChI=1S/C17H25FN2/c1-14-11-16(18)6-5-15(14)12-20-10-9-19-13-17(20)7-3-2-4-8-17/h5-6,11,19H,2-4,7-10,12-13H2,1H3. The van der Waals surface area contributed by atoms with E-state index in [1.165, 1.54) is 37.7 Å². The lowest BCUT2D eigenvalue weighted by Gasteiger charge is -2.50. The number of nitrogens with zero attached hydrogens (tertiary/aromatic N) is 1. The van der Waals surface area contributed by atoms with Gasteiger partial charge >= 0.3 is 0 Å². The largest absolute Gasteiger partial charge is 0.314 e. The third-order valence-corrected chi connectivity index (χ3v) is 5.13. The highest BCUT2D eigenvalue weighted by molar-refractivity contribution is 5.27. The minimum atomic E-state index is -0.126. The van der Waals surface area contributed by atoms with Crippen LogP contribution < -0.4 is 5.32 Å². The van der Waals surface area contributed by atoms with Crippen molar-refractivity contribution in [1.82, 2.24) is 10.2 Å². The molecule has 0 atom stereocenters. The smallest absolute Gasteiger partial charge is 0.123 e. The molecule has 0 radical (unpaired) electrons. The number of rotatable bonds is 2. The van der Waals surface area contributed by atoms with E-state index in [9.17, 15) is 4.39 Å². The summed E-state index contributed by atoms with van der Waals surface area (Å²) in [6, 6.07) is 5.21. The zero-order valence-corrected chi connectivity index (χ0v) is 12.4. The first-order chi connectivity index (χ1) is 9.70. The van der Waals surface area contributed by atoms with E-state index in [0.717, 1.165) is 31.7 Å². The maximum absolute atomic E-state index is 13.3. The van der Waals surface area contributed by atoms with Crippen molar-refractivity contribution < 1.29 is 4.39 Å². The summed E-state index contributed by atoms with van der Waals surface area (Å²) in [5.41, 5.74) is 2.70. The van der Waals surface area contributed by atoms with Crippen LogP contribution in [-0.2, 0) is 6.54 Å². The second kappa shape index (κ2) is 5.82. The third kappa shape index (κ3) is 2.75. The number of hydrogen-bond donors (Lipinski definition) is 1. The van der Waals surface area contributed by atoms with Crippen LogP contribution in [0.5, 0.6) is 0 Å². The highest BCUT2D eigenvalue weighted by Crippen LogP contribution is 2.35. The summed E-state index contributed by atoms with van der Waals surface area (Å²) < 4.78 is 13.3. The maximum atomic E-state index is 13.3. The van der Waals surface area contributed by atoms with Gasteiger partial charge < -0.3 is 5.32 Å². The van der Waals surface area contributed by atoms with Crippen LogP contribution in [0.3, 0.4) is 0 Å². The average Bonchev–Trinajstić information content (AvgIpc) is 2.45. The molecule has 1 aliphatic carbocycles. The molecule has 0 aromatic heterocycles. The molecule has 2 aliphatic rings. The first kappa shape index (κ1) is 14.0. The van der Waals surface area contributed by atoms with Crippen LogP contribution in [-0.4, -0.2) is 30.1 Å². The molecule has 0 bridgehead atoms. The molecule has 1 aromatic rings. The Labute approximate surface area is 121 Å². The monoisotopic (exact) mass is 276 g/mol. The number of piperazine rings is 1. The van der Waals surface area contributed by atoms with Crippen LogP contribution in [0, 0.1) is 12.7 Å². The molecule has 1 spiro atoms. The van der Waals surface area contributed by atoms with Crippen LogP contribution in [0.4, 0.5) is 4.39 Å². The summed E-state index contributed by atoms with van der Waals surface area (Å²) >= 11 is 0. The van der Waals surface area contributed by atoms with Gasteiger partial charge in [0.05, 0.1) is 0 Å². The zero-order valence-electron chi connectivity index (χ0n) is 12.4. The molecule has 110 valence electrons. The van der Waals surface area contributed by atoms with Crippen molar-refractivity contribution in [1.29, 1.82) is 0 Å². The van der Waals surface area contributed by atoms with E-state index in [2.05, 4.69) is 10.2 Å². The lowest BCUT2D eigenvalue weighted by Crippen LogP contribution is -2.61. The van der Waals surface area contributed by atoms with E-state index in [1.807, 2.05) is 13.0 Å². The molecule has 1 aliphatic heterocycles. The van der Waals surface area contributed by atoms with Crippen LogP contribution in [0.2, 0.25) is 0 Å². The number of hydrogen-bond acceptors (Lipinski definition) is 2. The highest BCUT2D eigenvalue weighted by Gasteiger charge is 2.39. The molecular formula is C17H25FN2. The molecule has 1 N–H and O–H groups in total. The van der Waals surface area contributed by atoms with Crippen LogP contribution in [0.1, 0.15) is 43.2 Å². The maximum Gasteiger partial charge on any atom is 0.123 e. The van der Waals surface area contributed by atoms with Crippen molar-refractivity contribution in [3.63, 3.8) is 0 Å². The molecule has 1 aromatic carbocycles. The van der Waals surface area contributed by atoms with Crippen molar-refractivity contribution in [2.24, 2.45) is 0 Å². The fraction of sp³-hybridized carbons (Fsp3) is 0.647. The Balaban J connectivity index is 1.79. The van der Waals surface area contributed by atoms with Gasteiger partial charge in [-0.25, -0.2) is 4.39 Å². The van der Waals surface area contributed by atoms with E-state index < -0.39 is 0 Å². The first-order valence-electron chi connectivity index (χ1n) is 7.90. The minimum absolute atomic E-state index is 0.126. The number of benzene rings is 1. The second-order valence-electron chi connectivity index (χ2n) is 6.45. The highest BCUT2D eigenvalue weighted by atomic mass is 19.1. The molecule has 1 saturated heterocycles. The van der Waals surface area contributed by atoms with Gasteiger partial charge in [-0.15, -0.1) is 0 Å². The second-order valence-corrected chi connectivity index (χ2v) is 6.45. The fourth-order valence-corrected chi connectivity index (χ4v) is 3.88. The van der Waals surface area contributed by atoms with E-state index in [4.69, 9.17) is 0 Å². The Morgan fingerprint density at radius 3 is 2.80 bits per heavy atom. The Morgan fingerprint density at radius 2 is 2.05 bits per heavy atom. The molecule has 1 heterocycles. The van der Waals surface area contributed by atoms with Crippen LogP contribution >= 0.6 is 0 Å². The van der Waals surface area contributed by atoms with Gasteiger partial charge in [-0.2, -0.15) is 0 Å². The summed E-state index contributed by atoms with van der Waals surface area (Å²) in [4.78, 5) is 2.66. The lowest BCUT2D eigenvalue weighted by atomic mass is 9.78. The molecule has 3 rings (SSSR count). The molecule has 20 heavy (non-hydrogen) atoms. The molecule has 2 fully saturated rings. The summed E-state index contributed by atoms with van der Waals surface area (Å²) in [6.07, 6.45) is 6.69. The average molecular weight is 276 g/mol. The number of halogens is 1. The predicted molar refractivity (Wildman–Crippen MR) is 80.2 cm³/mol. The molecular weight excluding hydrogens is 251 g/mol. The lowest BCUT2D eigenvalue weighted by molar-refractivity contribution is 0.0207. The Hall–Kier alpha value is -0.930. The summed E-state index contributed by atoms with van der Waals surface area (Å²) in [5.74, 6) is -0.126. The van der Waals surface area contributed by atoms with Gasteiger partial charge in [0.25, 0.3) is 0 Å². The quantitative estimate of drug-likeness (QED) is 0.892. The van der Waals surface area contributed by atoms with Crippen LogP contribution in [0.25, 0.3) is 0 Å². The van der Waals surface area contributed by atoms with Gasteiger partial charge in [0, 0.05) is 31.7 Å². The van der Waals surface area contributed by atoms with Gasteiger partial charge in [-0.05, 0) is 43.0 Å². The van der Waals surface area contributed by atoms with Gasteiger partial charge in [0.15, 0.2) is 0 Å². The Bertz CT molecular complexity index is 458. The first-order valence-corrected chi connectivity index (χ1v) is 7.90. The summed E-state index contributed by atoms with van der Waals surface area (Å²) in [5, 5.41) is 3.58. The fourth-order valence-electron chi connectivity index (χ4n) is 3.88. The van der Waals surface area contributed by atoms with Gasteiger partial charge in [0.1, 0.15) is 5.82 Å². The van der Waals surface area contributed by atoms with Gasteiger partial charge in [0.2, 0.25) is 0 Å². The molecule has 0 unspecified atom stereocenters. The molecule has 2 nitrogen and oxygen atoms in total. The van der Waals surface area contributed by atoms with Gasteiger partial charge in [-0.3, -0.25) is 4.90 Å².